The van der Waals surface area contributed by atoms with Crippen molar-refractivity contribution in [1.29, 1.82) is 0 Å². The SMILES string of the molecule is CN(C)C[C@@]12CN(C(=O)CSc3ncccn3)C[C@@H]1C(C)(C)C2. The molecule has 1 aromatic rings. The van der Waals surface area contributed by atoms with Crippen LogP contribution in [0, 0.1) is 16.7 Å². The summed E-state index contributed by atoms with van der Waals surface area (Å²) in [6.45, 7) is 7.54. The minimum Gasteiger partial charge on any atom is -0.341 e. The van der Waals surface area contributed by atoms with Gasteiger partial charge >= 0.3 is 0 Å². The lowest BCUT2D eigenvalue weighted by Crippen LogP contribution is -2.57. The number of nitrogens with zero attached hydrogens (tertiary/aromatic N) is 4. The number of carbonyl (C=O) groups is 1. The highest BCUT2D eigenvalue weighted by Crippen LogP contribution is 2.62. The van der Waals surface area contributed by atoms with Crippen LogP contribution in [0.25, 0.3) is 0 Å². The van der Waals surface area contributed by atoms with Gasteiger partial charge in [-0.1, -0.05) is 25.6 Å². The highest BCUT2D eigenvalue weighted by atomic mass is 32.2. The van der Waals surface area contributed by atoms with Crippen molar-refractivity contribution in [1.82, 2.24) is 19.8 Å². The number of thioether (sulfide) groups is 1. The summed E-state index contributed by atoms with van der Waals surface area (Å²) in [4.78, 5) is 25.3. The minimum absolute atomic E-state index is 0.214. The Balaban J connectivity index is 1.62. The second kappa shape index (κ2) is 6.06. The van der Waals surface area contributed by atoms with Crippen molar-refractivity contribution in [3.05, 3.63) is 18.5 Å². The number of hydrogen-bond acceptors (Lipinski definition) is 5. The van der Waals surface area contributed by atoms with Crippen molar-refractivity contribution in [2.75, 3.05) is 39.5 Å². The van der Waals surface area contributed by atoms with E-state index in [1.807, 2.05) is 0 Å². The molecule has 2 aliphatic rings. The van der Waals surface area contributed by atoms with E-state index >= 15 is 0 Å². The molecule has 2 heterocycles. The zero-order valence-electron chi connectivity index (χ0n) is 14.5. The Labute approximate surface area is 142 Å². The molecule has 3 rings (SSSR count). The minimum atomic E-state index is 0.214. The lowest BCUT2D eigenvalue weighted by atomic mass is 9.48. The molecular formula is C17H26N4OS. The van der Waals surface area contributed by atoms with Crippen LogP contribution in [0.15, 0.2) is 23.6 Å². The van der Waals surface area contributed by atoms with E-state index in [1.165, 1.54) is 18.2 Å². The van der Waals surface area contributed by atoms with Crippen molar-refractivity contribution in [3.8, 4) is 0 Å². The average molecular weight is 334 g/mol. The number of rotatable bonds is 5. The Bertz CT molecular complexity index is 573. The van der Waals surface area contributed by atoms with Crippen molar-refractivity contribution in [2.45, 2.75) is 25.4 Å². The smallest absolute Gasteiger partial charge is 0.233 e. The molecule has 1 saturated heterocycles. The summed E-state index contributed by atoms with van der Waals surface area (Å²) < 4.78 is 0. The van der Waals surface area contributed by atoms with Gasteiger partial charge in [-0.3, -0.25) is 4.79 Å². The Morgan fingerprint density at radius 1 is 1.39 bits per heavy atom. The third-order valence-corrected chi connectivity index (χ3v) is 6.11. The Morgan fingerprint density at radius 2 is 2.09 bits per heavy atom. The molecule has 23 heavy (non-hydrogen) atoms. The summed E-state index contributed by atoms with van der Waals surface area (Å²) in [7, 11) is 4.26. The van der Waals surface area contributed by atoms with Crippen LogP contribution in [-0.4, -0.2) is 65.2 Å². The topological polar surface area (TPSA) is 49.3 Å². The fourth-order valence-electron chi connectivity index (χ4n) is 4.74. The van der Waals surface area contributed by atoms with Gasteiger partial charge < -0.3 is 9.80 Å². The molecule has 1 aliphatic carbocycles. The van der Waals surface area contributed by atoms with E-state index in [0.29, 0.717) is 22.2 Å². The molecule has 0 radical (unpaired) electrons. The molecule has 0 unspecified atom stereocenters. The molecule has 1 saturated carbocycles. The Kier molecular flexibility index (Phi) is 4.40. The zero-order chi connectivity index (χ0) is 16.7. The van der Waals surface area contributed by atoms with Crippen LogP contribution >= 0.6 is 11.8 Å². The highest BCUT2D eigenvalue weighted by Gasteiger charge is 2.63. The van der Waals surface area contributed by atoms with E-state index in [9.17, 15) is 4.79 Å². The standard InChI is InChI=1S/C17H26N4OS/c1-16(2)10-17(11-20(3)4)12-21(8-13(16)17)14(22)9-23-15-18-6-5-7-19-15/h5-7,13H,8-12H2,1-4H3/t13-,17+/m1/s1. The third kappa shape index (κ3) is 3.24. The number of fused-ring (bicyclic) bond motifs is 1. The van der Waals surface area contributed by atoms with Crippen LogP contribution in [0.4, 0.5) is 0 Å². The van der Waals surface area contributed by atoms with Gasteiger partial charge in [0.05, 0.1) is 5.75 Å². The van der Waals surface area contributed by atoms with Crippen LogP contribution in [-0.2, 0) is 4.79 Å². The van der Waals surface area contributed by atoms with E-state index < -0.39 is 0 Å². The largest absolute Gasteiger partial charge is 0.341 e. The van der Waals surface area contributed by atoms with Crippen molar-refractivity contribution in [2.24, 2.45) is 16.7 Å². The monoisotopic (exact) mass is 334 g/mol. The van der Waals surface area contributed by atoms with Crippen LogP contribution < -0.4 is 0 Å². The summed E-state index contributed by atoms with van der Waals surface area (Å²) in [5.74, 6) is 1.25. The first-order chi connectivity index (χ1) is 10.8. The van der Waals surface area contributed by atoms with Crippen molar-refractivity contribution >= 4 is 17.7 Å². The fourth-order valence-corrected chi connectivity index (χ4v) is 5.44. The summed E-state index contributed by atoms with van der Waals surface area (Å²) >= 11 is 1.43. The molecule has 1 aromatic heterocycles. The second-order valence-corrected chi connectivity index (χ2v) is 8.85. The Morgan fingerprint density at radius 3 is 2.70 bits per heavy atom. The van der Waals surface area contributed by atoms with Gasteiger partial charge in [-0.05, 0) is 37.9 Å². The lowest BCUT2D eigenvalue weighted by Gasteiger charge is -2.57. The zero-order valence-corrected chi connectivity index (χ0v) is 15.3. The maximum Gasteiger partial charge on any atom is 0.233 e. The molecule has 126 valence electrons. The summed E-state index contributed by atoms with van der Waals surface area (Å²) in [6.07, 6.45) is 4.64. The molecule has 0 spiro atoms. The van der Waals surface area contributed by atoms with E-state index in [4.69, 9.17) is 0 Å². The molecular weight excluding hydrogens is 308 g/mol. The van der Waals surface area contributed by atoms with Gasteiger partial charge in [0.1, 0.15) is 0 Å². The third-order valence-electron chi connectivity index (χ3n) is 5.25. The predicted octanol–water partition coefficient (Wildman–Crippen LogP) is 2.00. The van der Waals surface area contributed by atoms with E-state index in [1.54, 1.807) is 18.5 Å². The van der Waals surface area contributed by atoms with Crippen LogP contribution in [0.2, 0.25) is 0 Å². The quantitative estimate of drug-likeness (QED) is 0.609. The fraction of sp³-hybridized carbons (Fsp3) is 0.706. The van der Waals surface area contributed by atoms with Gasteiger partial charge in [0.2, 0.25) is 5.91 Å². The van der Waals surface area contributed by atoms with E-state index in [2.05, 4.69) is 47.7 Å². The van der Waals surface area contributed by atoms with Gasteiger partial charge in [-0.2, -0.15) is 0 Å². The number of hydrogen-bond donors (Lipinski definition) is 0. The molecule has 1 aliphatic heterocycles. The molecule has 2 atom stereocenters. The van der Waals surface area contributed by atoms with E-state index in [0.717, 1.165) is 19.6 Å². The van der Waals surface area contributed by atoms with E-state index in [-0.39, 0.29) is 11.3 Å². The normalized spacial score (nSPS) is 28.6. The first-order valence-electron chi connectivity index (χ1n) is 8.15. The Hall–Kier alpha value is -1.14. The molecule has 0 aromatic carbocycles. The summed E-state index contributed by atoms with van der Waals surface area (Å²) in [5, 5.41) is 0.673. The van der Waals surface area contributed by atoms with Crippen molar-refractivity contribution < 1.29 is 4.79 Å². The first-order valence-corrected chi connectivity index (χ1v) is 9.13. The first kappa shape index (κ1) is 16.7. The average Bonchev–Trinajstić information content (AvgIpc) is 2.79. The predicted molar refractivity (Wildman–Crippen MR) is 92.2 cm³/mol. The number of aromatic nitrogens is 2. The molecule has 0 bridgehead atoms. The molecule has 5 nitrogen and oxygen atoms in total. The maximum atomic E-state index is 12.6. The maximum absolute atomic E-state index is 12.6. The number of likely N-dealkylation sites (tertiary alicyclic amines) is 1. The van der Waals surface area contributed by atoms with Crippen LogP contribution in [0.5, 0.6) is 0 Å². The summed E-state index contributed by atoms with van der Waals surface area (Å²) in [5.41, 5.74) is 0.636. The highest BCUT2D eigenvalue weighted by molar-refractivity contribution is 7.99. The number of amides is 1. The van der Waals surface area contributed by atoms with Gasteiger partial charge in [0.15, 0.2) is 5.16 Å². The van der Waals surface area contributed by atoms with Crippen LogP contribution in [0.1, 0.15) is 20.3 Å². The van der Waals surface area contributed by atoms with Gasteiger partial charge in [-0.15, -0.1) is 0 Å². The lowest BCUT2D eigenvalue weighted by molar-refractivity contribution is -0.127. The van der Waals surface area contributed by atoms with Crippen molar-refractivity contribution in [3.63, 3.8) is 0 Å². The molecule has 0 N–H and O–H groups in total. The van der Waals surface area contributed by atoms with Gasteiger partial charge in [0, 0.05) is 37.4 Å². The summed E-state index contributed by atoms with van der Waals surface area (Å²) in [6, 6.07) is 1.79. The van der Waals surface area contributed by atoms with Crippen LogP contribution in [0.3, 0.4) is 0 Å². The second-order valence-electron chi connectivity index (χ2n) is 7.91. The molecule has 6 heteroatoms. The number of carbonyl (C=O) groups excluding carboxylic acids is 1. The van der Waals surface area contributed by atoms with Gasteiger partial charge in [0.25, 0.3) is 0 Å². The molecule has 2 fully saturated rings. The molecule has 1 amide bonds. The van der Waals surface area contributed by atoms with Gasteiger partial charge in [-0.25, -0.2) is 9.97 Å².